The molecule has 1 saturated carbocycles. The van der Waals surface area contributed by atoms with Crippen LogP contribution in [0, 0.1) is 0 Å². The number of hydrazine groups is 1. The van der Waals surface area contributed by atoms with Gasteiger partial charge in [0.1, 0.15) is 22.8 Å². The first-order valence-corrected chi connectivity index (χ1v) is 12.2. The monoisotopic (exact) mass is 497 g/mol. The number of hydrogen-bond donors (Lipinski definition) is 3. The normalized spacial score (nSPS) is 15.7. The minimum Gasteiger partial charge on any atom is -0.495 e. The van der Waals surface area contributed by atoms with E-state index in [1.807, 2.05) is 36.4 Å². The van der Waals surface area contributed by atoms with Crippen molar-refractivity contribution in [2.24, 2.45) is 0 Å². The van der Waals surface area contributed by atoms with E-state index in [9.17, 15) is 4.79 Å². The number of carbonyl (C=O) groups is 1. The third-order valence-corrected chi connectivity index (χ3v) is 6.19. The first-order chi connectivity index (χ1) is 17.0. The van der Waals surface area contributed by atoms with Crippen molar-refractivity contribution in [2.45, 2.75) is 44.6 Å². The van der Waals surface area contributed by atoms with E-state index in [2.05, 4.69) is 22.2 Å². The molecule has 0 aromatic heterocycles. The lowest BCUT2D eigenvalue weighted by atomic mass is 9.82. The highest BCUT2D eigenvalue weighted by Gasteiger charge is 2.37. The van der Waals surface area contributed by atoms with Crippen molar-refractivity contribution >= 4 is 34.7 Å². The highest BCUT2D eigenvalue weighted by molar-refractivity contribution is 7.80. The van der Waals surface area contributed by atoms with Crippen molar-refractivity contribution in [3.8, 4) is 17.2 Å². The molecule has 1 aliphatic heterocycles. The summed E-state index contributed by atoms with van der Waals surface area (Å²) in [5.41, 5.74) is 8.38. The van der Waals surface area contributed by atoms with Crippen molar-refractivity contribution in [1.82, 2.24) is 10.9 Å². The Kier molecular flexibility index (Phi) is 7.97. The number of hydrogen-bond acceptors (Lipinski definition) is 7. The Balaban J connectivity index is 1.51. The zero-order valence-corrected chi connectivity index (χ0v) is 20.8. The van der Waals surface area contributed by atoms with Crippen LogP contribution in [0.15, 0.2) is 48.5 Å². The second-order valence-electron chi connectivity index (χ2n) is 8.44. The van der Waals surface area contributed by atoms with Gasteiger partial charge in [-0.05, 0) is 81.2 Å². The van der Waals surface area contributed by atoms with Gasteiger partial charge in [0.25, 0.3) is 0 Å². The topological polar surface area (TPSA) is 90.1 Å². The van der Waals surface area contributed by atoms with Gasteiger partial charge in [-0.2, -0.15) is 0 Å². The number of fused-ring (bicyclic) bond motifs is 1. The number of ether oxygens (including phenoxy) is 4. The fraction of sp³-hybridized carbons (Fsp3) is 0.385. The molecule has 8 nitrogen and oxygen atoms in total. The molecule has 2 aromatic carbocycles. The molecule has 4 rings (SSSR count). The molecule has 1 fully saturated rings. The molecule has 1 heterocycles. The van der Waals surface area contributed by atoms with Crippen LogP contribution in [0.2, 0.25) is 0 Å². The molecule has 0 atom stereocenters. The zero-order chi connectivity index (χ0) is 24.7. The van der Waals surface area contributed by atoms with Crippen LogP contribution in [0.5, 0.6) is 17.2 Å². The van der Waals surface area contributed by atoms with Crippen molar-refractivity contribution in [3.05, 3.63) is 54.1 Å². The van der Waals surface area contributed by atoms with Gasteiger partial charge in [-0.25, -0.2) is 4.79 Å². The maximum Gasteiger partial charge on any atom is 0.344 e. The molecule has 0 amide bonds. The molecule has 0 saturated heterocycles. The number of nitrogens with one attached hydrogen (secondary N) is 3. The largest absolute Gasteiger partial charge is 0.495 e. The van der Waals surface area contributed by atoms with Crippen LogP contribution in [0.25, 0.3) is 5.70 Å². The highest BCUT2D eigenvalue weighted by atomic mass is 32.1. The molecule has 186 valence electrons. The number of carbonyl (C=O) groups excluding carboxylic acids is 1. The van der Waals surface area contributed by atoms with E-state index in [0.717, 1.165) is 48.4 Å². The Labute approximate surface area is 210 Å². The number of rotatable bonds is 8. The van der Waals surface area contributed by atoms with Gasteiger partial charge in [0.15, 0.2) is 11.7 Å². The summed E-state index contributed by atoms with van der Waals surface area (Å²) in [6.45, 7) is 1.92. The summed E-state index contributed by atoms with van der Waals surface area (Å²) in [7, 11) is 1.62. The molecule has 9 heteroatoms. The third-order valence-electron chi connectivity index (χ3n) is 5.99. The molecule has 2 aliphatic rings. The van der Waals surface area contributed by atoms with Crippen LogP contribution in [-0.2, 0) is 9.53 Å². The number of thiocarbonyl (C=S) groups is 1. The van der Waals surface area contributed by atoms with Gasteiger partial charge >= 0.3 is 5.97 Å². The molecule has 1 spiro atoms. The zero-order valence-electron chi connectivity index (χ0n) is 20.0. The van der Waals surface area contributed by atoms with Gasteiger partial charge in [-0.1, -0.05) is 18.6 Å². The second kappa shape index (κ2) is 11.3. The van der Waals surface area contributed by atoms with Crippen LogP contribution < -0.4 is 30.4 Å². The Morgan fingerprint density at radius 1 is 1.14 bits per heavy atom. The number of esters is 1. The molecule has 1 aliphatic carbocycles. The van der Waals surface area contributed by atoms with E-state index in [1.54, 1.807) is 20.1 Å². The molecule has 0 unspecified atom stereocenters. The van der Waals surface area contributed by atoms with Crippen LogP contribution in [0.1, 0.15) is 44.6 Å². The van der Waals surface area contributed by atoms with Gasteiger partial charge in [0, 0.05) is 5.56 Å². The predicted molar refractivity (Wildman–Crippen MR) is 138 cm³/mol. The lowest BCUT2D eigenvalue weighted by Gasteiger charge is -2.39. The van der Waals surface area contributed by atoms with E-state index in [0.29, 0.717) is 23.2 Å². The predicted octanol–water partition coefficient (Wildman–Crippen LogP) is 4.56. The third kappa shape index (κ3) is 6.16. The molecule has 0 bridgehead atoms. The molecule has 3 N–H and O–H groups in total. The Morgan fingerprint density at radius 3 is 2.71 bits per heavy atom. The van der Waals surface area contributed by atoms with Gasteiger partial charge in [0.2, 0.25) is 0 Å². The van der Waals surface area contributed by atoms with Crippen molar-refractivity contribution in [3.63, 3.8) is 0 Å². The molecular weight excluding hydrogens is 466 g/mol. The van der Waals surface area contributed by atoms with E-state index >= 15 is 0 Å². The molecule has 2 aromatic rings. The summed E-state index contributed by atoms with van der Waals surface area (Å²) >= 11 is 5.50. The van der Waals surface area contributed by atoms with E-state index in [4.69, 9.17) is 31.2 Å². The van der Waals surface area contributed by atoms with Gasteiger partial charge in [0.05, 0.1) is 25.1 Å². The fourth-order valence-corrected chi connectivity index (χ4v) is 4.52. The van der Waals surface area contributed by atoms with Crippen LogP contribution in [-0.4, -0.2) is 37.0 Å². The van der Waals surface area contributed by atoms with E-state index in [-0.39, 0.29) is 12.2 Å². The summed E-state index contributed by atoms with van der Waals surface area (Å²) in [6, 6.07) is 13.1. The number of benzene rings is 2. The van der Waals surface area contributed by atoms with Crippen LogP contribution in [0.3, 0.4) is 0 Å². The Morgan fingerprint density at radius 2 is 1.94 bits per heavy atom. The second-order valence-corrected chi connectivity index (χ2v) is 8.85. The highest BCUT2D eigenvalue weighted by Crippen LogP contribution is 2.43. The summed E-state index contributed by atoms with van der Waals surface area (Å²) < 4.78 is 22.5. The van der Waals surface area contributed by atoms with Crippen LogP contribution in [0.4, 0.5) is 5.69 Å². The van der Waals surface area contributed by atoms with Gasteiger partial charge < -0.3 is 24.3 Å². The Bertz CT molecular complexity index is 1100. The SMILES string of the molecule is CCOC(=O)COc1ccc2c(c1)C(NNC(=S)Nc1ccccc1OC)=CC1(CCCCC1)O2. The Hall–Kier alpha value is -3.46. The molecule has 0 radical (unpaired) electrons. The fourth-order valence-electron chi connectivity index (χ4n) is 4.36. The van der Waals surface area contributed by atoms with E-state index in [1.165, 1.54) is 6.42 Å². The van der Waals surface area contributed by atoms with Crippen molar-refractivity contribution in [2.75, 3.05) is 25.6 Å². The van der Waals surface area contributed by atoms with Crippen molar-refractivity contribution in [1.29, 1.82) is 0 Å². The lowest BCUT2D eigenvalue weighted by Crippen LogP contribution is -2.44. The summed E-state index contributed by atoms with van der Waals surface area (Å²) in [6.07, 6.45) is 7.45. The minimum atomic E-state index is -0.411. The maximum absolute atomic E-state index is 11.7. The summed E-state index contributed by atoms with van der Waals surface area (Å²) in [4.78, 5) is 11.7. The lowest BCUT2D eigenvalue weighted by molar-refractivity contribution is -0.145. The van der Waals surface area contributed by atoms with E-state index < -0.39 is 5.97 Å². The van der Waals surface area contributed by atoms with Crippen LogP contribution >= 0.6 is 12.2 Å². The molecule has 35 heavy (non-hydrogen) atoms. The number of methoxy groups -OCH3 is 1. The number of para-hydroxylation sites is 2. The summed E-state index contributed by atoms with van der Waals surface area (Å²) in [5.74, 6) is 1.58. The standard InChI is InChI=1S/C26H31N3O5S/c1-3-32-24(30)17-33-18-11-12-22-19(15-18)21(16-26(34-22)13-7-4-8-14-26)28-29-25(35)27-20-9-5-6-10-23(20)31-2/h5-6,9-12,15-16,28H,3-4,7-8,13-14,17H2,1-2H3,(H2,27,29,35). The average Bonchev–Trinajstić information content (AvgIpc) is 2.87. The van der Waals surface area contributed by atoms with Crippen molar-refractivity contribution < 1.29 is 23.7 Å². The first-order valence-electron chi connectivity index (χ1n) is 11.8. The maximum atomic E-state index is 11.7. The smallest absolute Gasteiger partial charge is 0.344 e. The minimum absolute atomic E-state index is 0.158. The van der Waals surface area contributed by atoms with Gasteiger partial charge in [-0.15, -0.1) is 0 Å². The first kappa shape index (κ1) is 24.7. The van der Waals surface area contributed by atoms with Gasteiger partial charge in [-0.3, -0.25) is 10.9 Å². The average molecular weight is 498 g/mol. The quantitative estimate of drug-likeness (QED) is 0.276. The summed E-state index contributed by atoms with van der Waals surface area (Å²) in [5, 5.41) is 3.54. The number of anilines is 1. The molecular formula is C26H31N3O5S.